The lowest BCUT2D eigenvalue weighted by molar-refractivity contribution is 0.486. The minimum atomic E-state index is -0.515. The molecule has 20 heavy (non-hydrogen) atoms. The summed E-state index contributed by atoms with van der Waals surface area (Å²) >= 11 is 0. The maximum Gasteiger partial charge on any atom is 0.134 e. The van der Waals surface area contributed by atoms with Crippen LogP contribution in [0, 0.1) is 11.6 Å². The van der Waals surface area contributed by atoms with Crippen molar-refractivity contribution in [2.24, 2.45) is 5.73 Å². The molecule has 0 spiro atoms. The molecule has 3 aromatic rings. The standard InChI is InChI=1S/C16H13F2NO/c17-12-5-6-13(18)11(7-12)8-14(19)16-9-10-3-1-2-4-15(10)20-16/h1-7,9,14H,8,19H2. The Bertz CT molecular complexity index is 718. The van der Waals surface area contributed by atoms with E-state index in [0.29, 0.717) is 5.76 Å². The van der Waals surface area contributed by atoms with Crippen molar-refractivity contribution in [1.29, 1.82) is 0 Å². The summed E-state index contributed by atoms with van der Waals surface area (Å²) in [4.78, 5) is 0. The van der Waals surface area contributed by atoms with Crippen LogP contribution in [0.4, 0.5) is 8.78 Å². The van der Waals surface area contributed by atoms with Gasteiger partial charge in [0.15, 0.2) is 0 Å². The van der Waals surface area contributed by atoms with Gasteiger partial charge in [-0.2, -0.15) is 0 Å². The van der Waals surface area contributed by atoms with Gasteiger partial charge in [0, 0.05) is 5.39 Å². The fourth-order valence-electron chi connectivity index (χ4n) is 2.22. The van der Waals surface area contributed by atoms with E-state index >= 15 is 0 Å². The largest absolute Gasteiger partial charge is 0.459 e. The number of nitrogens with two attached hydrogens (primary N) is 1. The quantitative estimate of drug-likeness (QED) is 0.784. The average Bonchev–Trinajstić information content (AvgIpc) is 2.87. The van der Waals surface area contributed by atoms with E-state index < -0.39 is 17.7 Å². The molecule has 0 aliphatic carbocycles. The summed E-state index contributed by atoms with van der Waals surface area (Å²) in [7, 11) is 0. The molecule has 0 fully saturated rings. The van der Waals surface area contributed by atoms with Crippen molar-refractivity contribution in [3.05, 3.63) is 71.5 Å². The van der Waals surface area contributed by atoms with Crippen LogP contribution in [0.2, 0.25) is 0 Å². The van der Waals surface area contributed by atoms with Crippen LogP contribution in [0.3, 0.4) is 0 Å². The van der Waals surface area contributed by atoms with Crippen LogP contribution in [0.1, 0.15) is 17.4 Å². The van der Waals surface area contributed by atoms with Crippen LogP contribution in [-0.2, 0) is 6.42 Å². The van der Waals surface area contributed by atoms with Crippen molar-refractivity contribution < 1.29 is 13.2 Å². The second-order valence-corrected chi connectivity index (χ2v) is 4.73. The van der Waals surface area contributed by atoms with Gasteiger partial charge >= 0.3 is 0 Å². The molecule has 2 aromatic carbocycles. The smallest absolute Gasteiger partial charge is 0.134 e. The van der Waals surface area contributed by atoms with Gasteiger partial charge in [-0.05, 0) is 42.3 Å². The lowest BCUT2D eigenvalue weighted by atomic mass is 10.0. The first kappa shape index (κ1) is 12.8. The van der Waals surface area contributed by atoms with Gasteiger partial charge in [0.2, 0.25) is 0 Å². The molecule has 0 bridgehead atoms. The molecule has 102 valence electrons. The Hall–Kier alpha value is -2.20. The number of fused-ring (bicyclic) bond motifs is 1. The molecule has 0 aliphatic rings. The average molecular weight is 273 g/mol. The molecule has 0 radical (unpaired) electrons. The Morgan fingerprint density at radius 1 is 1.05 bits per heavy atom. The number of furan rings is 1. The molecular weight excluding hydrogens is 260 g/mol. The zero-order chi connectivity index (χ0) is 14.1. The second kappa shape index (κ2) is 5.06. The minimum Gasteiger partial charge on any atom is -0.459 e. The molecule has 1 atom stereocenters. The van der Waals surface area contributed by atoms with Gasteiger partial charge in [-0.25, -0.2) is 8.78 Å². The molecule has 0 aliphatic heterocycles. The fraction of sp³-hybridized carbons (Fsp3) is 0.125. The number of rotatable bonds is 3. The summed E-state index contributed by atoms with van der Waals surface area (Å²) in [5, 5.41) is 0.942. The van der Waals surface area contributed by atoms with Crippen molar-refractivity contribution in [3.63, 3.8) is 0 Å². The Balaban J connectivity index is 1.88. The van der Waals surface area contributed by atoms with Gasteiger partial charge in [-0.15, -0.1) is 0 Å². The van der Waals surface area contributed by atoms with Crippen molar-refractivity contribution in [1.82, 2.24) is 0 Å². The van der Waals surface area contributed by atoms with Gasteiger partial charge in [0.1, 0.15) is 23.0 Å². The third kappa shape index (κ3) is 2.42. The van der Waals surface area contributed by atoms with E-state index in [1.165, 1.54) is 0 Å². The zero-order valence-electron chi connectivity index (χ0n) is 10.6. The highest BCUT2D eigenvalue weighted by Crippen LogP contribution is 2.25. The summed E-state index contributed by atoms with van der Waals surface area (Å²) in [6, 6.07) is 12.2. The Morgan fingerprint density at radius 2 is 1.85 bits per heavy atom. The van der Waals surface area contributed by atoms with Crippen LogP contribution < -0.4 is 5.73 Å². The summed E-state index contributed by atoms with van der Waals surface area (Å²) in [5.41, 5.74) is 7.01. The molecule has 1 unspecified atom stereocenters. The number of halogens is 2. The maximum absolute atomic E-state index is 13.6. The van der Waals surface area contributed by atoms with Crippen molar-refractivity contribution >= 4 is 11.0 Å². The lowest BCUT2D eigenvalue weighted by Gasteiger charge is -2.09. The molecular formula is C16H13F2NO. The van der Waals surface area contributed by atoms with E-state index in [1.54, 1.807) is 0 Å². The highest BCUT2D eigenvalue weighted by molar-refractivity contribution is 5.77. The van der Waals surface area contributed by atoms with Crippen LogP contribution in [0.5, 0.6) is 0 Å². The van der Waals surface area contributed by atoms with Crippen LogP contribution in [0.25, 0.3) is 11.0 Å². The Labute approximate surface area is 114 Å². The molecule has 0 saturated carbocycles. The number of hydrogen-bond donors (Lipinski definition) is 1. The molecule has 1 heterocycles. The lowest BCUT2D eigenvalue weighted by Crippen LogP contribution is -2.13. The summed E-state index contributed by atoms with van der Waals surface area (Å²) in [5.74, 6) is -0.369. The van der Waals surface area contributed by atoms with E-state index in [-0.39, 0.29) is 12.0 Å². The summed E-state index contributed by atoms with van der Waals surface area (Å²) in [6.45, 7) is 0. The van der Waals surface area contributed by atoms with E-state index in [4.69, 9.17) is 10.2 Å². The normalized spacial score (nSPS) is 12.8. The van der Waals surface area contributed by atoms with Crippen LogP contribution in [0.15, 0.2) is 52.9 Å². The SMILES string of the molecule is NC(Cc1cc(F)ccc1F)c1cc2ccccc2o1. The third-order valence-electron chi connectivity index (χ3n) is 3.26. The van der Waals surface area contributed by atoms with Gasteiger partial charge < -0.3 is 10.2 Å². The van der Waals surface area contributed by atoms with Crippen molar-refractivity contribution in [2.75, 3.05) is 0 Å². The van der Waals surface area contributed by atoms with Crippen LogP contribution >= 0.6 is 0 Å². The van der Waals surface area contributed by atoms with Crippen molar-refractivity contribution in [2.45, 2.75) is 12.5 Å². The first-order chi connectivity index (χ1) is 9.63. The number of para-hydroxylation sites is 1. The van der Waals surface area contributed by atoms with Crippen molar-refractivity contribution in [3.8, 4) is 0 Å². The first-order valence-corrected chi connectivity index (χ1v) is 6.31. The van der Waals surface area contributed by atoms with E-state index in [1.807, 2.05) is 30.3 Å². The molecule has 2 nitrogen and oxygen atoms in total. The highest BCUT2D eigenvalue weighted by Gasteiger charge is 2.15. The summed E-state index contributed by atoms with van der Waals surface area (Å²) < 4.78 is 32.4. The molecule has 2 N–H and O–H groups in total. The van der Waals surface area contributed by atoms with Gasteiger partial charge in [0.05, 0.1) is 6.04 Å². The minimum absolute atomic E-state index is 0.184. The Morgan fingerprint density at radius 3 is 2.65 bits per heavy atom. The fourth-order valence-corrected chi connectivity index (χ4v) is 2.22. The number of benzene rings is 2. The second-order valence-electron chi connectivity index (χ2n) is 4.73. The van der Waals surface area contributed by atoms with Gasteiger partial charge in [-0.3, -0.25) is 0 Å². The van der Waals surface area contributed by atoms with E-state index in [0.717, 1.165) is 29.2 Å². The molecule has 1 aromatic heterocycles. The maximum atomic E-state index is 13.6. The monoisotopic (exact) mass is 273 g/mol. The topological polar surface area (TPSA) is 39.2 Å². The van der Waals surface area contributed by atoms with E-state index in [9.17, 15) is 8.78 Å². The highest BCUT2D eigenvalue weighted by atomic mass is 19.1. The number of hydrogen-bond acceptors (Lipinski definition) is 2. The zero-order valence-corrected chi connectivity index (χ0v) is 10.6. The molecule has 0 amide bonds. The molecule has 4 heteroatoms. The predicted molar refractivity (Wildman–Crippen MR) is 73.2 cm³/mol. The third-order valence-corrected chi connectivity index (χ3v) is 3.26. The first-order valence-electron chi connectivity index (χ1n) is 6.31. The van der Waals surface area contributed by atoms with Gasteiger partial charge in [-0.1, -0.05) is 18.2 Å². The van der Waals surface area contributed by atoms with E-state index in [2.05, 4.69) is 0 Å². The van der Waals surface area contributed by atoms with Crippen LogP contribution in [-0.4, -0.2) is 0 Å². The Kier molecular flexibility index (Phi) is 3.24. The molecule has 0 saturated heterocycles. The predicted octanol–water partition coefficient (Wildman–Crippen LogP) is 3.95. The van der Waals surface area contributed by atoms with Gasteiger partial charge in [0.25, 0.3) is 0 Å². The summed E-state index contributed by atoms with van der Waals surface area (Å²) in [6.07, 6.45) is 0.184. The molecule has 3 rings (SSSR count).